The molecule has 16 heavy (non-hydrogen) atoms. The zero-order valence-corrected chi connectivity index (χ0v) is 10.3. The highest BCUT2D eigenvalue weighted by molar-refractivity contribution is 6.33. The first kappa shape index (κ1) is 11.4. The lowest BCUT2D eigenvalue weighted by Crippen LogP contribution is -2.42. The van der Waals surface area contributed by atoms with E-state index in [1.807, 2.05) is 4.90 Å². The summed E-state index contributed by atoms with van der Waals surface area (Å²) in [7, 11) is 0. The number of aromatic nitrogens is 1. The van der Waals surface area contributed by atoms with E-state index in [0.717, 1.165) is 19.4 Å². The first-order valence-electron chi connectivity index (χ1n) is 5.44. The van der Waals surface area contributed by atoms with Gasteiger partial charge < -0.3 is 4.90 Å². The molecule has 2 heterocycles. The van der Waals surface area contributed by atoms with Crippen LogP contribution in [0.2, 0.25) is 5.02 Å². The van der Waals surface area contributed by atoms with Crippen molar-refractivity contribution in [3.05, 3.63) is 29.0 Å². The third-order valence-corrected chi connectivity index (χ3v) is 3.45. The largest absolute Gasteiger partial charge is 0.333 e. The van der Waals surface area contributed by atoms with Crippen LogP contribution in [0.25, 0.3) is 0 Å². The van der Waals surface area contributed by atoms with E-state index in [-0.39, 0.29) is 11.4 Å². The smallest absolute Gasteiger partial charge is 0.255 e. The number of carbonyl (C=O) groups is 1. The van der Waals surface area contributed by atoms with Gasteiger partial charge in [-0.25, -0.2) is 0 Å². The lowest BCUT2D eigenvalue weighted by molar-refractivity contribution is 0.0652. The molecule has 1 fully saturated rings. The predicted octanol–water partition coefficient (Wildman–Crippen LogP) is 2.75. The molecule has 0 saturated carbocycles. The van der Waals surface area contributed by atoms with Gasteiger partial charge >= 0.3 is 0 Å². The second-order valence-corrected chi connectivity index (χ2v) is 5.14. The Hall–Kier alpha value is -1.09. The summed E-state index contributed by atoms with van der Waals surface area (Å²) in [5.41, 5.74) is 0.482. The highest BCUT2D eigenvalue weighted by Gasteiger charge is 2.36. The fourth-order valence-corrected chi connectivity index (χ4v) is 2.38. The van der Waals surface area contributed by atoms with Crippen molar-refractivity contribution < 1.29 is 4.79 Å². The van der Waals surface area contributed by atoms with Gasteiger partial charge in [-0.2, -0.15) is 0 Å². The van der Waals surface area contributed by atoms with Gasteiger partial charge in [0.2, 0.25) is 0 Å². The van der Waals surface area contributed by atoms with Crippen LogP contribution in [0.15, 0.2) is 18.5 Å². The fraction of sp³-hybridized carbons (Fsp3) is 0.500. The number of hydrogen-bond acceptors (Lipinski definition) is 2. The van der Waals surface area contributed by atoms with Crippen molar-refractivity contribution >= 4 is 17.5 Å². The Morgan fingerprint density at radius 3 is 2.88 bits per heavy atom. The molecule has 4 heteroatoms. The summed E-state index contributed by atoms with van der Waals surface area (Å²) in [6.07, 6.45) is 5.21. The highest BCUT2D eigenvalue weighted by atomic mass is 35.5. The third-order valence-electron chi connectivity index (χ3n) is 3.15. The second kappa shape index (κ2) is 4.06. The van der Waals surface area contributed by atoms with Crippen molar-refractivity contribution in [3.63, 3.8) is 0 Å². The van der Waals surface area contributed by atoms with E-state index in [4.69, 9.17) is 11.6 Å². The van der Waals surface area contributed by atoms with Crippen LogP contribution in [0.5, 0.6) is 0 Å². The Balaban J connectivity index is 2.30. The maximum Gasteiger partial charge on any atom is 0.255 e. The molecule has 0 unspecified atom stereocenters. The molecule has 1 aliphatic heterocycles. The zero-order chi connectivity index (χ0) is 11.8. The summed E-state index contributed by atoms with van der Waals surface area (Å²) < 4.78 is 0. The number of rotatable bonds is 1. The maximum atomic E-state index is 12.3. The van der Waals surface area contributed by atoms with Crippen LogP contribution in [-0.2, 0) is 0 Å². The molecule has 1 aromatic rings. The Labute approximate surface area is 100 Å². The van der Waals surface area contributed by atoms with Crippen molar-refractivity contribution in [3.8, 4) is 0 Å². The van der Waals surface area contributed by atoms with Gasteiger partial charge in [0.15, 0.2) is 0 Å². The van der Waals surface area contributed by atoms with Crippen LogP contribution < -0.4 is 0 Å². The molecular formula is C12H15ClN2O. The second-order valence-electron chi connectivity index (χ2n) is 4.73. The van der Waals surface area contributed by atoms with E-state index < -0.39 is 0 Å². The van der Waals surface area contributed by atoms with Crippen LogP contribution in [0.4, 0.5) is 0 Å². The van der Waals surface area contributed by atoms with Gasteiger partial charge in [-0.3, -0.25) is 9.78 Å². The summed E-state index contributed by atoms with van der Waals surface area (Å²) in [6, 6.07) is 1.68. The van der Waals surface area contributed by atoms with Crippen LogP contribution in [0.1, 0.15) is 37.0 Å². The van der Waals surface area contributed by atoms with Crippen molar-refractivity contribution in [2.75, 3.05) is 6.54 Å². The molecule has 1 saturated heterocycles. The quantitative estimate of drug-likeness (QED) is 0.754. The normalized spacial score (nSPS) is 18.8. The molecule has 0 N–H and O–H groups in total. The van der Waals surface area contributed by atoms with E-state index in [0.29, 0.717) is 10.6 Å². The summed E-state index contributed by atoms with van der Waals surface area (Å²) in [5, 5.41) is 0.426. The number of halogens is 1. The van der Waals surface area contributed by atoms with Gasteiger partial charge in [0, 0.05) is 24.5 Å². The Morgan fingerprint density at radius 1 is 1.56 bits per heavy atom. The molecule has 0 radical (unpaired) electrons. The minimum Gasteiger partial charge on any atom is -0.333 e. The van der Waals surface area contributed by atoms with Crippen LogP contribution in [-0.4, -0.2) is 27.9 Å². The number of amides is 1. The Bertz CT molecular complexity index is 417. The van der Waals surface area contributed by atoms with E-state index in [1.54, 1.807) is 12.3 Å². The van der Waals surface area contributed by atoms with Crippen LogP contribution in [0.3, 0.4) is 0 Å². The predicted molar refractivity (Wildman–Crippen MR) is 63.6 cm³/mol. The first-order valence-corrected chi connectivity index (χ1v) is 5.82. The summed E-state index contributed by atoms with van der Waals surface area (Å²) in [4.78, 5) is 18.1. The van der Waals surface area contributed by atoms with Gasteiger partial charge in [-0.05, 0) is 32.8 Å². The fourth-order valence-electron chi connectivity index (χ4n) is 2.18. The number of nitrogens with zero attached hydrogens (tertiary/aromatic N) is 2. The summed E-state index contributed by atoms with van der Waals surface area (Å²) in [5.74, 6) is 0.00917. The van der Waals surface area contributed by atoms with Crippen molar-refractivity contribution in [1.29, 1.82) is 0 Å². The van der Waals surface area contributed by atoms with Crippen LogP contribution in [0, 0.1) is 0 Å². The molecule has 0 bridgehead atoms. The number of carbonyl (C=O) groups excluding carboxylic acids is 1. The SMILES string of the molecule is CC1(C)CCCN1C(=O)c1ccncc1Cl. The first-order chi connectivity index (χ1) is 7.52. The molecule has 0 aromatic carbocycles. The van der Waals surface area contributed by atoms with Gasteiger partial charge in [0.1, 0.15) is 0 Å². The van der Waals surface area contributed by atoms with Crippen molar-refractivity contribution in [2.24, 2.45) is 0 Å². The minimum absolute atomic E-state index is 0.00917. The molecule has 0 spiro atoms. The maximum absolute atomic E-state index is 12.3. The van der Waals surface area contributed by atoms with E-state index in [1.165, 1.54) is 6.20 Å². The Morgan fingerprint density at radius 2 is 2.31 bits per heavy atom. The molecular weight excluding hydrogens is 224 g/mol. The number of hydrogen-bond donors (Lipinski definition) is 0. The number of pyridine rings is 1. The molecule has 1 aliphatic rings. The van der Waals surface area contributed by atoms with Gasteiger partial charge in [0.25, 0.3) is 5.91 Å². The summed E-state index contributed by atoms with van der Waals surface area (Å²) in [6.45, 7) is 4.99. The van der Waals surface area contributed by atoms with E-state index in [9.17, 15) is 4.79 Å². The van der Waals surface area contributed by atoms with E-state index >= 15 is 0 Å². The highest BCUT2D eigenvalue weighted by Crippen LogP contribution is 2.30. The Kier molecular flexibility index (Phi) is 2.89. The van der Waals surface area contributed by atoms with Crippen LogP contribution >= 0.6 is 11.6 Å². The lowest BCUT2D eigenvalue weighted by atomic mass is 10.0. The average Bonchev–Trinajstić information content (AvgIpc) is 2.58. The van der Waals surface area contributed by atoms with Gasteiger partial charge in [0.05, 0.1) is 10.6 Å². The van der Waals surface area contributed by atoms with Crippen molar-refractivity contribution in [2.45, 2.75) is 32.2 Å². The molecule has 0 atom stereocenters. The van der Waals surface area contributed by atoms with Gasteiger partial charge in [-0.1, -0.05) is 11.6 Å². The number of likely N-dealkylation sites (tertiary alicyclic amines) is 1. The minimum atomic E-state index is -0.0658. The molecule has 0 aliphatic carbocycles. The molecule has 2 rings (SSSR count). The summed E-state index contributed by atoms with van der Waals surface area (Å²) >= 11 is 5.98. The molecule has 86 valence electrons. The van der Waals surface area contributed by atoms with E-state index in [2.05, 4.69) is 18.8 Å². The third kappa shape index (κ3) is 1.92. The topological polar surface area (TPSA) is 33.2 Å². The molecule has 3 nitrogen and oxygen atoms in total. The molecule has 1 amide bonds. The van der Waals surface area contributed by atoms with Crippen molar-refractivity contribution in [1.82, 2.24) is 9.88 Å². The zero-order valence-electron chi connectivity index (χ0n) is 9.53. The average molecular weight is 239 g/mol. The monoisotopic (exact) mass is 238 g/mol. The lowest BCUT2D eigenvalue weighted by Gasteiger charge is -2.31. The molecule has 1 aromatic heterocycles. The van der Waals surface area contributed by atoms with Gasteiger partial charge in [-0.15, -0.1) is 0 Å². The standard InChI is InChI=1S/C12H15ClN2O/c1-12(2)5-3-7-15(12)11(16)9-4-6-14-8-10(9)13/h4,6,8H,3,5,7H2,1-2H3.